The van der Waals surface area contributed by atoms with Gasteiger partial charge in [0.2, 0.25) is 0 Å². The smallest absolute Gasteiger partial charge is 0.278 e. The maximum absolute atomic E-state index is 6.30. The Morgan fingerprint density at radius 1 is 1.83 bits per heavy atom. The first-order valence-corrected chi connectivity index (χ1v) is 1.15. The van der Waals surface area contributed by atoms with Gasteiger partial charge >= 0.3 is 0 Å². The van der Waals surface area contributed by atoms with Crippen molar-refractivity contribution in [1.29, 1.82) is 5.41 Å². The Labute approximate surface area is 46.8 Å². The summed E-state index contributed by atoms with van der Waals surface area (Å²) in [4.78, 5) is 0. The van der Waals surface area contributed by atoms with Crippen molar-refractivity contribution in [3.63, 3.8) is 0 Å². The number of hydrogen-bond donors (Lipinski definition) is 2. The van der Waals surface area contributed by atoms with Gasteiger partial charge in [-0.25, -0.2) is 0 Å². The Balaban J connectivity index is 0. The molecule has 0 unspecified atom stereocenters. The number of nitrogens with one attached hydrogen (secondary N) is 1. The van der Waals surface area contributed by atoms with E-state index in [0.717, 1.165) is 0 Å². The second-order valence-electron chi connectivity index (χ2n) is 0.568. The predicted molar refractivity (Wildman–Crippen MR) is 29.2 cm³/mol. The minimum atomic E-state index is -0.245. The molecule has 0 fully saturated rings. The van der Waals surface area contributed by atoms with Crippen LogP contribution in [0.25, 0.3) is 0 Å². The highest BCUT2D eigenvalue weighted by Gasteiger charge is 1.68. The first-order valence-electron chi connectivity index (χ1n) is 1.15. The number of amidine groups is 1. The number of nitrogens with two attached hydrogens (primary N) is 1. The Morgan fingerprint density at radius 2 is 2.00 bits per heavy atom. The molecule has 0 aliphatic heterocycles. The summed E-state index contributed by atoms with van der Waals surface area (Å²) in [6.45, 7) is 0. The maximum Gasteiger partial charge on any atom is 0.278 e. The van der Waals surface area contributed by atoms with E-state index >= 15 is 0 Å². The molecule has 0 aromatic heterocycles. The molecule has 0 saturated heterocycles. The van der Waals surface area contributed by atoms with E-state index in [1.165, 1.54) is 7.11 Å². The van der Waals surface area contributed by atoms with Crippen LogP contribution in [0.2, 0.25) is 0 Å². The number of methoxy groups -OCH3 is 1. The van der Waals surface area contributed by atoms with Gasteiger partial charge in [-0.1, -0.05) is 0 Å². The van der Waals surface area contributed by atoms with Crippen molar-refractivity contribution < 1.29 is 4.74 Å². The SMILES string of the molecule is Br.COC(=N)N. The molecule has 0 aromatic rings. The molecule has 0 aliphatic rings. The van der Waals surface area contributed by atoms with E-state index in [0.29, 0.717) is 0 Å². The summed E-state index contributed by atoms with van der Waals surface area (Å²) >= 11 is 0. The van der Waals surface area contributed by atoms with Crippen LogP contribution in [-0.2, 0) is 4.74 Å². The van der Waals surface area contributed by atoms with Gasteiger partial charge in [0, 0.05) is 0 Å². The largest absolute Gasteiger partial charge is 0.469 e. The molecule has 0 rings (SSSR count). The highest BCUT2D eigenvalue weighted by Crippen LogP contribution is 1.50. The summed E-state index contributed by atoms with van der Waals surface area (Å²) < 4.78 is 4.11. The van der Waals surface area contributed by atoms with Gasteiger partial charge in [-0.15, -0.1) is 17.0 Å². The highest BCUT2D eigenvalue weighted by atomic mass is 79.9. The summed E-state index contributed by atoms with van der Waals surface area (Å²) in [6.07, 6.45) is 0. The van der Waals surface area contributed by atoms with Crippen LogP contribution in [0.15, 0.2) is 0 Å². The fourth-order valence-corrected chi connectivity index (χ4v) is 0. The standard InChI is InChI=1S/C2H6N2O.BrH/c1-5-2(3)4;/h1H3,(H3,3,4);1H. The molecule has 0 aliphatic carbocycles. The van der Waals surface area contributed by atoms with E-state index < -0.39 is 0 Å². The Hall–Kier alpha value is -0.250. The molecule has 6 heavy (non-hydrogen) atoms. The average molecular weight is 155 g/mol. The summed E-state index contributed by atoms with van der Waals surface area (Å²) in [7, 11) is 1.35. The summed E-state index contributed by atoms with van der Waals surface area (Å²) in [5, 5.41) is 6.30. The molecule has 38 valence electrons. The first-order chi connectivity index (χ1) is 2.27. The molecule has 0 heterocycles. The van der Waals surface area contributed by atoms with Crippen LogP contribution < -0.4 is 5.73 Å². The summed E-state index contributed by atoms with van der Waals surface area (Å²) in [6, 6.07) is -0.245. The van der Waals surface area contributed by atoms with E-state index in [1.807, 2.05) is 0 Å². The lowest BCUT2D eigenvalue weighted by Crippen LogP contribution is -2.10. The molecule has 3 N–H and O–H groups in total. The van der Waals surface area contributed by atoms with Gasteiger partial charge in [0.1, 0.15) is 0 Å². The van der Waals surface area contributed by atoms with Crippen molar-refractivity contribution in [2.24, 2.45) is 5.73 Å². The minimum Gasteiger partial charge on any atom is -0.469 e. The van der Waals surface area contributed by atoms with Gasteiger partial charge < -0.3 is 10.5 Å². The lowest BCUT2D eigenvalue weighted by molar-refractivity contribution is 0.393. The van der Waals surface area contributed by atoms with Crippen LogP contribution in [0.3, 0.4) is 0 Å². The third-order valence-corrected chi connectivity index (χ3v) is 0.220. The highest BCUT2D eigenvalue weighted by molar-refractivity contribution is 8.93. The number of halogens is 1. The second kappa shape index (κ2) is 4.75. The number of rotatable bonds is 0. The molecular formula is C2H7BrN2O. The van der Waals surface area contributed by atoms with Crippen molar-refractivity contribution in [1.82, 2.24) is 0 Å². The first kappa shape index (κ1) is 9.23. The van der Waals surface area contributed by atoms with E-state index in [4.69, 9.17) is 5.41 Å². The second-order valence-corrected chi connectivity index (χ2v) is 0.568. The monoisotopic (exact) mass is 154 g/mol. The van der Waals surface area contributed by atoms with Crippen LogP contribution in [0.5, 0.6) is 0 Å². The molecule has 3 nitrogen and oxygen atoms in total. The fraction of sp³-hybridized carbons (Fsp3) is 0.500. The van der Waals surface area contributed by atoms with E-state index in [2.05, 4.69) is 10.5 Å². The van der Waals surface area contributed by atoms with Crippen molar-refractivity contribution in [3.05, 3.63) is 0 Å². The molecule has 0 saturated carbocycles. The lowest BCUT2D eigenvalue weighted by atomic mass is 11.2. The zero-order valence-electron chi connectivity index (χ0n) is 3.39. The Kier molecular flexibility index (Phi) is 7.30. The van der Waals surface area contributed by atoms with Gasteiger partial charge in [0.25, 0.3) is 6.02 Å². The Bertz CT molecular complexity index is 46.8. The van der Waals surface area contributed by atoms with Crippen LogP contribution >= 0.6 is 17.0 Å². The van der Waals surface area contributed by atoms with Crippen molar-refractivity contribution >= 4 is 23.0 Å². The average Bonchev–Trinajstić information content (AvgIpc) is 1.38. The van der Waals surface area contributed by atoms with Crippen LogP contribution in [0.1, 0.15) is 0 Å². The van der Waals surface area contributed by atoms with E-state index in [1.54, 1.807) is 0 Å². The maximum atomic E-state index is 6.30. The quantitative estimate of drug-likeness (QED) is 0.385. The molecule has 0 spiro atoms. The van der Waals surface area contributed by atoms with Gasteiger partial charge in [-0.3, -0.25) is 5.41 Å². The van der Waals surface area contributed by atoms with Crippen molar-refractivity contribution in [2.45, 2.75) is 0 Å². The van der Waals surface area contributed by atoms with Crippen molar-refractivity contribution in [3.8, 4) is 0 Å². The molecule has 0 bridgehead atoms. The third kappa shape index (κ3) is 9.26. The van der Waals surface area contributed by atoms with Gasteiger partial charge in [-0.05, 0) is 0 Å². The predicted octanol–water partition coefficient (Wildman–Crippen LogP) is 0.104. The van der Waals surface area contributed by atoms with Crippen LogP contribution in [0, 0.1) is 5.41 Å². The fourth-order valence-electron chi connectivity index (χ4n) is 0. The zero-order valence-corrected chi connectivity index (χ0v) is 5.11. The van der Waals surface area contributed by atoms with Gasteiger partial charge in [0.05, 0.1) is 7.11 Å². The van der Waals surface area contributed by atoms with E-state index in [-0.39, 0.29) is 23.0 Å². The molecule has 0 radical (unpaired) electrons. The topological polar surface area (TPSA) is 59.1 Å². The zero-order chi connectivity index (χ0) is 4.28. The third-order valence-electron chi connectivity index (χ3n) is 0.220. The van der Waals surface area contributed by atoms with Crippen LogP contribution in [-0.4, -0.2) is 13.1 Å². The number of ether oxygens (including phenoxy) is 1. The molecule has 0 atom stereocenters. The molecular weight excluding hydrogens is 148 g/mol. The minimum absolute atomic E-state index is 0. The van der Waals surface area contributed by atoms with Gasteiger partial charge in [0.15, 0.2) is 0 Å². The van der Waals surface area contributed by atoms with Gasteiger partial charge in [-0.2, -0.15) is 0 Å². The molecule has 0 amide bonds. The normalized spacial score (nSPS) is 5.50. The lowest BCUT2D eigenvalue weighted by Gasteiger charge is -1.85. The molecule has 4 heteroatoms. The summed E-state index contributed by atoms with van der Waals surface area (Å²) in [5.74, 6) is 0. The van der Waals surface area contributed by atoms with Crippen molar-refractivity contribution in [2.75, 3.05) is 7.11 Å². The van der Waals surface area contributed by atoms with E-state index in [9.17, 15) is 0 Å². The molecule has 0 aromatic carbocycles. The van der Waals surface area contributed by atoms with Crippen LogP contribution in [0.4, 0.5) is 0 Å². The number of hydrogen-bond acceptors (Lipinski definition) is 2. The summed E-state index contributed by atoms with van der Waals surface area (Å²) in [5.41, 5.74) is 4.65. The Morgan fingerprint density at radius 3 is 2.00 bits per heavy atom.